The van der Waals surface area contributed by atoms with Crippen molar-refractivity contribution in [3.05, 3.63) is 81.3 Å². The molecule has 0 saturated heterocycles. The fourth-order valence-corrected chi connectivity index (χ4v) is 3.39. The first-order valence-corrected chi connectivity index (χ1v) is 8.87. The first kappa shape index (κ1) is 18.2. The van der Waals surface area contributed by atoms with Crippen LogP contribution < -0.4 is 5.56 Å². The van der Waals surface area contributed by atoms with Gasteiger partial charge in [-0.1, -0.05) is 24.3 Å². The molecule has 0 unspecified atom stereocenters. The van der Waals surface area contributed by atoms with Gasteiger partial charge in [-0.2, -0.15) is 14.9 Å². The van der Waals surface area contributed by atoms with Gasteiger partial charge in [0.1, 0.15) is 5.65 Å². The predicted molar refractivity (Wildman–Crippen MR) is 108 cm³/mol. The molecule has 4 aromatic rings. The molecule has 2 N–H and O–H groups in total. The minimum absolute atomic E-state index is 0.186. The summed E-state index contributed by atoms with van der Waals surface area (Å²) < 4.78 is 1.33. The molecule has 0 aliphatic carbocycles. The summed E-state index contributed by atoms with van der Waals surface area (Å²) in [4.78, 5) is 27.4. The molecule has 7 nitrogen and oxygen atoms in total. The maximum absolute atomic E-state index is 12.9. The molecule has 7 heteroatoms. The Morgan fingerprint density at radius 2 is 1.69 bits per heavy atom. The number of H-pyrrole nitrogens is 1. The van der Waals surface area contributed by atoms with Gasteiger partial charge in [-0.15, -0.1) is 0 Å². The highest BCUT2D eigenvalue weighted by Gasteiger charge is 2.18. The second-order valence-electron chi connectivity index (χ2n) is 6.72. The molecule has 0 radical (unpaired) electrons. The second kappa shape index (κ2) is 6.77. The SMILES string of the molecule is Cc1nn2c(=O)c(C)c(-c3ccc(C#N)cc3)[nH]c2c1-c1ccc(C(=O)O)cc1. The van der Waals surface area contributed by atoms with Crippen molar-refractivity contribution < 1.29 is 9.90 Å². The average molecular weight is 384 g/mol. The van der Waals surface area contributed by atoms with Crippen LogP contribution >= 0.6 is 0 Å². The van der Waals surface area contributed by atoms with E-state index in [1.165, 1.54) is 16.6 Å². The summed E-state index contributed by atoms with van der Waals surface area (Å²) in [7, 11) is 0. The normalized spacial score (nSPS) is 10.8. The quantitative estimate of drug-likeness (QED) is 0.561. The molecular weight excluding hydrogens is 368 g/mol. The Morgan fingerprint density at radius 1 is 1.07 bits per heavy atom. The highest BCUT2D eigenvalue weighted by molar-refractivity contribution is 5.89. The monoisotopic (exact) mass is 384 g/mol. The lowest BCUT2D eigenvalue weighted by atomic mass is 10.0. The fourth-order valence-electron chi connectivity index (χ4n) is 3.39. The van der Waals surface area contributed by atoms with Crippen molar-refractivity contribution in [3.8, 4) is 28.5 Å². The number of hydrogen-bond acceptors (Lipinski definition) is 4. The summed E-state index contributed by atoms with van der Waals surface area (Å²) in [5.74, 6) is -1.000. The van der Waals surface area contributed by atoms with Gasteiger partial charge >= 0.3 is 5.97 Å². The van der Waals surface area contributed by atoms with Gasteiger partial charge < -0.3 is 10.1 Å². The molecule has 2 aromatic heterocycles. The van der Waals surface area contributed by atoms with E-state index >= 15 is 0 Å². The number of nitrogens with one attached hydrogen (secondary N) is 1. The zero-order chi connectivity index (χ0) is 20.7. The smallest absolute Gasteiger partial charge is 0.335 e. The number of benzene rings is 2. The van der Waals surface area contributed by atoms with E-state index in [9.17, 15) is 9.59 Å². The summed E-state index contributed by atoms with van der Waals surface area (Å²) >= 11 is 0. The van der Waals surface area contributed by atoms with Crippen LogP contribution in [0.3, 0.4) is 0 Å². The number of aromatic carboxylic acids is 1. The number of carboxylic acids is 1. The molecule has 4 rings (SSSR count). The molecule has 2 heterocycles. The van der Waals surface area contributed by atoms with E-state index in [2.05, 4.69) is 16.2 Å². The Morgan fingerprint density at radius 3 is 2.28 bits per heavy atom. The molecule has 0 amide bonds. The summed E-state index contributed by atoms with van der Waals surface area (Å²) in [6, 6.07) is 15.5. The number of rotatable bonds is 3. The van der Waals surface area contributed by atoms with Crippen molar-refractivity contribution in [2.24, 2.45) is 0 Å². The molecule has 0 aliphatic heterocycles. The van der Waals surface area contributed by atoms with E-state index in [1.54, 1.807) is 50.2 Å². The van der Waals surface area contributed by atoms with Crippen LogP contribution in [0.4, 0.5) is 0 Å². The summed E-state index contributed by atoms with van der Waals surface area (Å²) in [5.41, 5.74) is 5.09. The zero-order valence-electron chi connectivity index (χ0n) is 15.7. The number of carbonyl (C=O) groups is 1. The maximum Gasteiger partial charge on any atom is 0.335 e. The molecule has 0 saturated carbocycles. The average Bonchev–Trinajstić information content (AvgIpc) is 3.07. The third kappa shape index (κ3) is 2.97. The molecule has 2 aromatic carbocycles. The van der Waals surface area contributed by atoms with Crippen molar-refractivity contribution in [2.45, 2.75) is 13.8 Å². The molecule has 29 heavy (non-hydrogen) atoms. The number of aryl methyl sites for hydroxylation is 1. The highest BCUT2D eigenvalue weighted by Crippen LogP contribution is 2.29. The molecule has 0 bridgehead atoms. The van der Waals surface area contributed by atoms with Gasteiger partial charge in [-0.05, 0) is 49.2 Å². The molecule has 0 aliphatic rings. The van der Waals surface area contributed by atoms with Crippen molar-refractivity contribution in [1.29, 1.82) is 5.26 Å². The number of fused-ring (bicyclic) bond motifs is 1. The fraction of sp³-hybridized carbons (Fsp3) is 0.0909. The lowest BCUT2D eigenvalue weighted by molar-refractivity contribution is 0.0697. The van der Waals surface area contributed by atoms with E-state index in [1.807, 2.05) is 0 Å². The van der Waals surface area contributed by atoms with Crippen LogP contribution in [0.25, 0.3) is 28.0 Å². The standard InChI is InChI=1S/C22H16N4O3/c1-12-19(16-5-3-14(11-23)4-6-16)24-20-18(13(2)25-26(20)21(12)27)15-7-9-17(10-8-15)22(28)29/h3-10,24H,1-2H3,(H,28,29). The van der Waals surface area contributed by atoms with Crippen LogP contribution in [0.1, 0.15) is 27.2 Å². The van der Waals surface area contributed by atoms with E-state index in [0.29, 0.717) is 28.2 Å². The lowest BCUT2D eigenvalue weighted by Gasteiger charge is -2.09. The number of hydrogen-bond donors (Lipinski definition) is 2. The molecular formula is C22H16N4O3. The van der Waals surface area contributed by atoms with Gasteiger partial charge in [0.05, 0.1) is 28.6 Å². The van der Waals surface area contributed by atoms with Crippen LogP contribution in [-0.4, -0.2) is 25.7 Å². The summed E-state index contributed by atoms with van der Waals surface area (Å²) in [6.45, 7) is 3.53. The number of nitriles is 1. The second-order valence-corrected chi connectivity index (χ2v) is 6.72. The van der Waals surface area contributed by atoms with Crippen LogP contribution in [-0.2, 0) is 0 Å². The summed E-state index contributed by atoms with van der Waals surface area (Å²) in [6.07, 6.45) is 0. The maximum atomic E-state index is 12.9. The van der Waals surface area contributed by atoms with Crippen molar-refractivity contribution in [1.82, 2.24) is 14.6 Å². The first-order valence-electron chi connectivity index (χ1n) is 8.87. The van der Waals surface area contributed by atoms with Crippen LogP contribution in [0.5, 0.6) is 0 Å². The minimum Gasteiger partial charge on any atom is -0.478 e. The van der Waals surface area contributed by atoms with E-state index < -0.39 is 5.97 Å². The predicted octanol–water partition coefficient (Wildman–Crippen LogP) is 3.54. The van der Waals surface area contributed by atoms with Gasteiger partial charge in [0, 0.05) is 11.1 Å². The Hall–Kier alpha value is -4.18. The Labute approximate surface area is 165 Å². The van der Waals surface area contributed by atoms with Crippen molar-refractivity contribution in [3.63, 3.8) is 0 Å². The third-order valence-corrected chi connectivity index (χ3v) is 4.92. The van der Waals surface area contributed by atoms with Crippen LogP contribution in [0, 0.1) is 25.2 Å². The molecule has 142 valence electrons. The Balaban J connectivity index is 1.96. The number of nitrogens with zero attached hydrogens (tertiary/aromatic N) is 3. The van der Waals surface area contributed by atoms with E-state index in [4.69, 9.17) is 10.4 Å². The zero-order valence-corrected chi connectivity index (χ0v) is 15.7. The number of carboxylic acid groups (broad SMARTS) is 1. The van der Waals surface area contributed by atoms with Crippen LogP contribution in [0.15, 0.2) is 53.3 Å². The largest absolute Gasteiger partial charge is 0.478 e. The van der Waals surface area contributed by atoms with Crippen molar-refractivity contribution >= 4 is 11.6 Å². The molecule has 0 spiro atoms. The van der Waals surface area contributed by atoms with Crippen LogP contribution in [0.2, 0.25) is 0 Å². The van der Waals surface area contributed by atoms with Gasteiger partial charge in [0.25, 0.3) is 5.56 Å². The van der Waals surface area contributed by atoms with E-state index in [0.717, 1.165) is 16.7 Å². The van der Waals surface area contributed by atoms with Gasteiger partial charge in [0.2, 0.25) is 0 Å². The topological polar surface area (TPSA) is 111 Å². The van der Waals surface area contributed by atoms with Gasteiger partial charge in [0.15, 0.2) is 0 Å². The minimum atomic E-state index is -1.000. The molecule has 0 atom stereocenters. The van der Waals surface area contributed by atoms with Gasteiger partial charge in [-0.25, -0.2) is 4.79 Å². The van der Waals surface area contributed by atoms with E-state index in [-0.39, 0.29) is 11.1 Å². The number of aromatic amines is 1. The highest BCUT2D eigenvalue weighted by atomic mass is 16.4. The van der Waals surface area contributed by atoms with Crippen molar-refractivity contribution in [2.75, 3.05) is 0 Å². The Bertz CT molecular complexity index is 1360. The summed E-state index contributed by atoms with van der Waals surface area (Å²) in [5, 5.41) is 22.5. The van der Waals surface area contributed by atoms with Gasteiger partial charge in [-0.3, -0.25) is 4.79 Å². The lowest BCUT2D eigenvalue weighted by Crippen LogP contribution is -2.19. The third-order valence-electron chi connectivity index (χ3n) is 4.92. The molecule has 0 fully saturated rings. The number of aromatic nitrogens is 3. The Kier molecular flexibility index (Phi) is 4.24. The first-order chi connectivity index (χ1) is 13.9.